The molecule has 3 aromatic carbocycles. The second-order valence-electron chi connectivity index (χ2n) is 8.57. The van der Waals surface area contributed by atoms with Crippen LogP contribution in [-0.2, 0) is 40.3 Å². The predicted molar refractivity (Wildman–Crippen MR) is 135 cm³/mol. The van der Waals surface area contributed by atoms with E-state index in [9.17, 15) is 23.5 Å². The van der Waals surface area contributed by atoms with Gasteiger partial charge in [-0.05, 0) is 48.2 Å². The number of ether oxygens (including phenoxy) is 2. The first kappa shape index (κ1) is 27.8. The van der Waals surface area contributed by atoms with Gasteiger partial charge in [-0.1, -0.05) is 49.4 Å². The van der Waals surface area contributed by atoms with Gasteiger partial charge >= 0.3 is 5.97 Å². The van der Waals surface area contributed by atoms with Gasteiger partial charge in [0, 0.05) is 37.7 Å². The molecule has 0 aliphatic heterocycles. The fraction of sp³-hybridized carbons (Fsp3) is 0.310. The summed E-state index contributed by atoms with van der Waals surface area (Å²) in [4.78, 5) is 25.9. The van der Waals surface area contributed by atoms with Crippen LogP contribution in [0.4, 0.5) is 8.78 Å². The van der Waals surface area contributed by atoms with Crippen molar-refractivity contribution in [1.29, 1.82) is 0 Å². The lowest BCUT2D eigenvalue weighted by atomic mass is 10.1. The molecular formula is C29H31F2NO5. The number of hydrogen-bond acceptors (Lipinski definition) is 4. The topological polar surface area (TPSA) is 76.1 Å². The van der Waals surface area contributed by atoms with E-state index in [0.29, 0.717) is 12.4 Å². The molecule has 0 aromatic heterocycles. The molecule has 0 heterocycles. The van der Waals surface area contributed by atoms with E-state index in [1.54, 1.807) is 31.2 Å². The maximum absolute atomic E-state index is 14.3. The number of nitrogens with zero attached hydrogens (tertiary/aromatic N) is 1. The number of benzene rings is 3. The zero-order chi connectivity index (χ0) is 26.8. The Morgan fingerprint density at radius 1 is 0.892 bits per heavy atom. The van der Waals surface area contributed by atoms with E-state index in [-0.39, 0.29) is 37.6 Å². The van der Waals surface area contributed by atoms with Crippen molar-refractivity contribution >= 4 is 11.9 Å². The Morgan fingerprint density at radius 2 is 1.54 bits per heavy atom. The Morgan fingerprint density at radius 3 is 2.14 bits per heavy atom. The van der Waals surface area contributed by atoms with Crippen LogP contribution in [0, 0.1) is 11.6 Å². The molecule has 0 saturated carbocycles. The SMILES string of the molecule is CCO[C@@H](Cc1ccc(OCC(=O)N(Cc2ccc(CC)cc2)Cc2ccc(F)cc2F)cc1)C(=O)O. The van der Waals surface area contributed by atoms with Crippen LogP contribution in [0.2, 0.25) is 0 Å². The third-order valence-corrected chi connectivity index (χ3v) is 5.88. The molecule has 0 spiro atoms. The maximum atomic E-state index is 14.3. The highest BCUT2D eigenvalue weighted by atomic mass is 19.1. The van der Waals surface area contributed by atoms with Crippen molar-refractivity contribution in [3.63, 3.8) is 0 Å². The lowest BCUT2D eigenvalue weighted by Gasteiger charge is -2.23. The first-order chi connectivity index (χ1) is 17.8. The lowest BCUT2D eigenvalue weighted by molar-refractivity contribution is -0.150. The number of amides is 1. The summed E-state index contributed by atoms with van der Waals surface area (Å²) in [7, 11) is 0. The summed E-state index contributed by atoms with van der Waals surface area (Å²) in [6.45, 7) is 3.98. The second kappa shape index (κ2) is 13.5. The smallest absolute Gasteiger partial charge is 0.333 e. The number of aryl methyl sites for hydroxylation is 1. The van der Waals surface area contributed by atoms with Gasteiger partial charge in [-0.15, -0.1) is 0 Å². The number of aliphatic carboxylic acids is 1. The van der Waals surface area contributed by atoms with Crippen molar-refractivity contribution in [3.8, 4) is 5.75 Å². The van der Waals surface area contributed by atoms with Crippen LogP contribution in [-0.4, -0.2) is 41.2 Å². The highest BCUT2D eigenvalue weighted by molar-refractivity contribution is 5.78. The number of rotatable bonds is 13. The van der Waals surface area contributed by atoms with Crippen molar-refractivity contribution in [2.75, 3.05) is 13.2 Å². The van der Waals surface area contributed by atoms with Gasteiger partial charge in [-0.2, -0.15) is 0 Å². The summed E-state index contributed by atoms with van der Waals surface area (Å²) in [5, 5.41) is 9.25. The van der Waals surface area contributed by atoms with Crippen LogP contribution in [0.3, 0.4) is 0 Å². The van der Waals surface area contributed by atoms with E-state index in [4.69, 9.17) is 9.47 Å². The minimum absolute atomic E-state index is 0.0449. The monoisotopic (exact) mass is 511 g/mol. The molecule has 1 amide bonds. The van der Waals surface area contributed by atoms with Crippen LogP contribution >= 0.6 is 0 Å². The van der Waals surface area contributed by atoms with E-state index in [1.807, 2.05) is 24.3 Å². The molecule has 8 heteroatoms. The molecule has 0 aliphatic carbocycles. The van der Waals surface area contributed by atoms with Crippen molar-refractivity contribution in [3.05, 3.63) is 101 Å². The molecule has 0 saturated heterocycles. The summed E-state index contributed by atoms with van der Waals surface area (Å²) in [5.41, 5.74) is 2.99. The second-order valence-corrected chi connectivity index (χ2v) is 8.57. The third-order valence-electron chi connectivity index (χ3n) is 5.88. The number of carboxylic acids is 1. The first-order valence-electron chi connectivity index (χ1n) is 12.1. The molecule has 0 bridgehead atoms. The highest BCUT2D eigenvalue weighted by Crippen LogP contribution is 2.18. The molecule has 0 fully saturated rings. The van der Waals surface area contributed by atoms with E-state index in [1.165, 1.54) is 11.0 Å². The zero-order valence-corrected chi connectivity index (χ0v) is 21.0. The van der Waals surface area contributed by atoms with E-state index in [2.05, 4.69) is 6.92 Å². The predicted octanol–water partition coefficient (Wildman–Crippen LogP) is 5.17. The van der Waals surface area contributed by atoms with Gasteiger partial charge in [0.25, 0.3) is 5.91 Å². The van der Waals surface area contributed by atoms with Gasteiger partial charge in [0.2, 0.25) is 0 Å². The van der Waals surface area contributed by atoms with Crippen molar-refractivity contribution in [1.82, 2.24) is 4.90 Å². The molecule has 3 aromatic rings. The standard InChI is InChI=1S/C29H31F2NO5/c1-3-20-5-7-22(8-6-20)17-32(18-23-11-12-24(30)16-26(23)31)28(33)19-37-25-13-9-21(10-14-25)15-27(29(34)35)36-4-2/h5-14,16,27H,3-4,15,17-19H2,1-2H3,(H,34,35)/t27-/m0/s1. The van der Waals surface area contributed by atoms with Crippen molar-refractivity contribution in [2.45, 2.75) is 45.9 Å². The lowest BCUT2D eigenvalue weighted by Crippen LogP contribution is -2.34. The summed E-state index contributed by atoms with van der Waals surface area (Å²) in [6, 6.07) is 17.8. The average Bonchev–Trinajstić information content (AvgIpc) is 2.89. The summed E-state index contributed by atoms with van der Waals surface area (Å²) >= 11 is 0. The van der Waals surface area contributed by atoms with Gasteiger partial charge in [0.1, 0.15) is 17.4 Å². The van der Waals surface area contributed by atoms with E-state index < -0.39 is 23.7 Å². The molecule has 0 unspecified atom stereocenters. The average molecular weight is 512 g/mol. The van der Waals surface area contributed by atoms with Crippen LogP contribution in [0.15, 0.2) is 66.7 Å². The number of carboxylic acid groups (broad SMARTS) is 1. The molecule has 3 rings (SSSR count). The number of halogens is 2. The third kappa shape index (κ3) is 8.39. The normalized spacial score (nSPS) is 11.7. The molecule has 37 heavy (non-hydrogen) atoms. The minimum atomic E-state index is -1.03. The number of hydrogen-bond donors (Lipinski definition) is 1. The van der Waals surface area contributed by atoms with Crippen LogP contribution in [0.1, 0.15) is 36.1 Å². The molecule has 0 radical (unpaired) electrons. The van der Waals surface area contributed by atoms with Gasteiger partial charge in [-0.3, -0.25) is 4.79 Å². The molecule has 196 valence electrons. The highest BCUT2D eigenvalue weighted by Gasteiger charge is 2.19. The quantitative estimate of drug-likeness (QED) is 0.343. The Kier molecular flexibility index (Phi) is 10.1. The van der Waals surface area contributed by atoms with Gasteiger partial charge < -0.3 is 19.5 Å². The Balaban J connectivity index is 1.68. The Hall–Kier alpha value is -3.78. The summed E-state index contributed by atoms with van der Waals surface area (Å²) in [6.07, 6.45) is 0.153. The van der Waals surface area contributed by atoms with Crippen molar-refractivity contribution in [2.24, 2.45) is 0 Å². The van der Waals surface area contributed by atoms with Gasteiger partial charge in [-0.25, -0.2) is 13.6 Å². The van der Waals surface area contributed by atoms with Crippen molar-refractivity contribution < 1.29 is 33.0 Å². The Labute approximate surface area is 215 Å². The maximum Gasteiger partial charge on any atom is 0.333 e. The largest absolute Gasteiger partial charge is 0.484 e. The number of carbonyl (C=O) groups is 2. The van der Waals surface area contributed by atoms with E-state index >= 15 is 0 Å². The summed E-state index contributed by atoms with van der Waals surface area (Å²) < 4.78 is 38.6. The van der Waals surface area contributed by atoms with Crippen LogP contribution in [0.25, 0.3) is 0 Å². The van der Waals surface area contributed by atoms with Crippen LogP contribution < -0.4 is 4.74 Å². The Bertz CT molecular complexity index is 1180. The number of carbonyl (C=O) groups excluding carboxylic acids is 1. The molecule has 1 N–H and O–H groups in total. The molecule has 0 aliphatic rings. The van der Waals surface area contributed by atoms with E-state index in [0.717, 1.165) is 35.2 Å². The minimum Gasteiger partial charge on any atom is -0.484 e. The van der Waals surface area contributed by atoms with Crippen LogP contribution in [0.5, 0.6) is 5.75 Å². The first-order valence-corrected chi connectivity index (χ1v) is 12.1. The fourth-order valence-electron chi connectivity index (χ4n) is 3.78. The summed E-state index contributed by atoms with van der Waals surface area (Å²) in [5.74, 6) is -2.37. The fourth-order valence-corrected chi connectivity index (χ4v) is 3.78. The molecule has 6 nitrogen and oxygen atoms in total. The molecule has 1 atom stereocenters. The van der Waals surface area contributed by atoms with Gasteiger partial charge in [0.05, 0.1) is 0 Å². The molecular weight excluding hydrogens is 480 g/mol. The zero-order valence-electron chi connectivity index (χ0n) is 21.0. The van der Waals surface area contributed by atoms with Gasteiger partial charge in [0.15, 0.2) is 12.7 Å².